The molecule has 4 unspecified atom stereocenters. The summed E-state index contributed by atoms with van der Waals surface area (Å²) in [5.41, 5.74) is 0. The summed E-state index contributed by atoms with van der Waals surface area (Å²) in [6.07, 6.45) is -7.84. The first-order chi connectivity index (χ1) is 5.91. The fraction of sp³-hybridized carbons (Fsp3) is 0.833. The van der Waals surface area contributed by atoms with Crippen molar-refractivity contribution in [1.82, 2.24) is 0 Å². The summed E-state index contributed by atoms with van der Waals surface area (Å²) in [6, 6.07) is 0. The zero-order valence-corrected chi connectivity index (χ0v) is 13.5. The zero-order valence-electron chi connectivity index (χ0n) is 8.91. The van der Waals surface area contributed by atoms with E-state index < -0.39 is 37.0 Å². The Morgan fingerprint density at radius 2 is 1.41 bits per heavy atom. The van der Waals surface area contributed by atoms with Crippen LogP contribution >= 0.6 is 0 Å². The van der Waals surface area contributed by atoms with Crippen molar-refractivity contribution in [2.75, 3.05) is 6.61 Å². The van der Waals surface area contributed by atoms with Crippen LogP contribution in [0.4, 0.5) is 0 Å². The third-order valence-corrected chi connectivity index (χ3v) is 1.51. The molecule has 11 heteroatoms. The van der Waals surface area contributed by atoms with E-state index in [0.29, 0.717) is 0 Å². The summed E-state index contributed by atoms with van der Waals surface area (Å²) in [5, 5.41) is 51.8. The Morgan fingerprint density at radius 1 is 1.06 bits per heavy atom. The summed E-state index contributed by atoms with van der Waals surface area (Å²) in [7, 11) is 0. The largest absolute Gasteiger partial charge is 5.00 e. The van der Waals surface area contributed by atoms with Crippen LogP contribution in [0.2, 0.25) is 0 Å². The molecule has 0 spiro atoms. The summed E-state index contributed by atoms with van der Waals surface area (Å²) < 4.78 is 0. The van der Waals surface area contributed by atoms with Crippen molar-refractivity contribution < 1.29 is 75.9 Å². The van der Waals surface area contributed by atoms with Gasteiger partial charge in [0.05, 0.1) is 6.61 Å². The average molecular weight is 374 g/mol. The quantitative estimate of drug-likeness (QED) is 0.255. The summed E-state index contributed by atoms with van der Waals surface area (Å²) in [6.45, 7) is -0.843. The van der Waals surface area contributed by atoms with E-state index >= 15 is 0 Å². The first kappa shape index (κ1) is 30.8. The van der Waals surface area contributed by atoms with Gasteiger partial charge in [0.2, 0.25) is 0 Å². The van der Waals surface area contributed by atoms with E-state index in [-0.39, 0.29) is 64.9 Å². The molecule has 0 radical (unpaired) electrons. The van der Waals surface area contributed by atoms with Gasteiger partial charge < -0.3 is 41.6 Å². The van der Waals surface area contributed by atoms with Crippen LogP contribution in [0.1, 0.15) is 0 Å². The minimum Gasteiger partial charge on any atom is -2.00 e. The van der Waals surface area contributed by atoms with E-state index in [0.717, 1.165) is 0 Å². The maximum Gasteiger partial charge on any atom is 5.00 e. The molecule has 0 fully saturated rings. The topological polar surface area (TPSA) is 197 Å². The number of aliphatic hydroxyl groups is 5. The molecule has 0 aliphatic carbocycles. The van der Waals surface area contributed by atoms with E-state index in [1.54, 1.807) is 0 Å². The molecule has 0 aliphatic rings. The van der Waals surface area contributed by atoms with Gasteiger partial charge in [0.25, 0.3) is 0 Å². The molecule has 0 aliphatic heterocycles. The molecule has 0 aromatic heterocycles. The van der Waals surface area contributed by atoms with Gasteiger partial charge in [-0.3, -0.25) is 0 Å². The Bertz CT molecular complexity index is 183. The molecule has 9 nitrogen and oxygen atoms in total. The maximum absolute atomic E-state index is 10.1. The summed E-state index contributed by atoms with van der Waals surface area (Å²) in [5.74, 6) is -1.73. The molecular weight excluding hydrogens is 361 g/mol. The van der Waals surface area contributed by atoms with Gasteiger partial charge >= 0.3 is 60.0 Å². The Kier molecular flexibility index (Phi) is 27.3. The second kappa shape index (κ2) is 15.1. The predicted octanol–water partition coefficient (Wildman–Crippen LogP) is -7.17. The van der Waals surface area contributed by atoms with Crippen LogP contribution in [0.25, 0.3) is 0 Å². The number of carboxylic acids is 1. The molecule has 94 valence electrons. The average Bonchev–Trinajstić information content (AvgIpc) is 2.12. The Morgan fingerprint density at radius 3 is 1.65 bits per heavy atom. The number of carbonyl (C=O) groups is 1. The molecule has 0 amide bonds. The number of hydrogen-bond donors (Lipinski definition) is 6. The summed E-state index contributed by atoms with van der Waals surface area (Å²) in [4.78, 5) is 10.1. The normalized spacial score (nSPS) is 15.6. The molecule has 0 aromatic rings. The van der Waals surface area contributed by atoms with Gasteiger partial charge in [-0.2, -0.15) is 0 Å². The van der Waals surface area contributed by atoms with Gasteiger partial charge in [0.1, 0.15) is 18.3 Å². The Labute approximate surface area is 136 Å². The maximum atomic E-state index is 10.1. The zero-order chi connectivity index (χ0) is 10.6. The van der Waals surface area contributed by atoms with Gasteiger partial charge in [-0.25, -0.2) is 4.79 Å². The van der Waals surface area contributed by atoms with Crippen molar-refractivity contribution >= 4 is 30.4 Å². The van der Waals surface area contributed by atoms with E-state index in [2.05, 4.69) is 0 Å². The van der Waals surface area contributed by atoms with Crippen molar-refractivity contribution in [2.45, 2.75) is 24.4 Å². The van der Waals surface area contributed by atoms with Crippen LogP contribution in [0, 0.1) is 0 Å². The van der Waals surface area contributed by atoms with E-state index in [9.17, 15) is 4.79 Å². The number of carboxylic acid groups (broad SMARTS) is 1. The van der Waals surface area contributed by atoms with Gasteiger partial charge in [0.15, 0.2) is 6.10 Å². The van der Waals surface area contributed by atoms with E-state index in [4.69, 9.17) is 30.6 Å². The van der Waals surface area contributed by atoms with E-state index in [1.807, 2.05) is 0 Å². The van der Waals surface area contributed by atoms with Gasteiger partial charge in [-0.15, -0.1) is 0 Å². The second-order valence-electron chi connectivity index (χ2n) is 2.51. The first-order valence-corrected chi connectivity index (χ1v) is 3.47. The van der Waals surface area contributed by atoms with Crippen molar-refractivity contribution in [3.05, 3.63) is 0 Å². The van der Waals surface area contributed by atoms with Crippen molar-refractivity contribution in [2.24, 2.45) is 0 Å². The van der Waals surface area contributed by atoms with Crippen molar-refractivity contribution in [3.63, 3.8) is 0 Å². The molecule has 0 saturated heterocycles. The molecule has 0 heterocycles. The standard InChI is InChI=1S/C6H12O7.Na.H2O.O.Sb/c7-1-2(8)3(9)4(10)5(11)6(12)13;;;;/h2-5,7-11H,1H2,(H,12,13);;1H2;;/q;+1;;-2;+5/p-1. The van der Waals surface area contributed by atoms with Crippen molar-refractivity contribution in [3.8, 4) is 0 Å². The fourth-order valence-corrected chi connectivity index (χ4v) is 0.668. The molecular formula is C6H13NaO9Sb+3. The third kappa shape index (κ3) is 10.6. The minimum atomic E-state index is -2.20. The van der Waals surface area contributed by atoms with Crippen LogP contribution in [-0.4, -0.2) is 97.5 Å². The van der Waals surface area contributed by atoms with E-state index in [1.165, 1.54) is 0 Å². The molecule has 0 aromatic carbocycles. The molecule has 7 N–H and O–H groups in total. The van der Waals surface area contributed by atoms with Crippen LogP contribution in [-0.2, 0) is 10.3 Å². The molecule has 4 atom stereocenters. The molecule has 0 saturated carbocycles. The van der Waals surface area contributed by atoms with Crippen LogP contribution < -0.4 is 29.6 Å². The van der Waals surface area contributed by atoms with Crippen LogP contribution in [0.3, 0.4) is 0 Å². The first-order valence-electron chi connectivity index (χ1n) is 3.47. The van der Waals surface area contributed by atoms with Gasteiger partial charge in [0, 0.05) is 0 Å². The minimum absolute atomic E-state index is 0. The SMILES string of the molecule is O=C(O)C(O)C(O)C(O)C(O)CO.[Na+].[O-2].[OH-].[Sb+5]. The molecule has 0 bridgehead atoms. The van der Waals surface area contributed by atoms with Crippen LogP contribution in [0.5, 0.6) is 0 Å². The Hall–Kier alpha value is 1.01. The number of aliphatic carboxylic acids is 1. The monoisotopic (exact) mass is 373 g/mol. The molecule has 17 heavy (non-hydrogen) atoms. The Balaban J connectivity index is -0.000000120. The smallest absolute Gasteiger partial charge is 2.00 e. The fourth-order valence-electron chi connectivity index (χ4n) is 0.668. The second-order valence-corrected chi connectivity index (χ2v) is 2.51. The van der Waals surface area contributed by atoms with Crippen LogP contribution in [0.15, 0.2) is 0 Å². The van der Waals surface area contributed by atoms with Gasteiger partial charge in [-0.05, 0) is 0 Å². The summed E-state index contributed by atoms with van der Waals surface area (Å²) >= 11 is 0. The predicted molar refractivity (Wildman–Crippen MR) is 47.1 cm³/mol. The van der Waals surface area contributed by atoms with Crippen molar-refractivity contribution in [1.29, 1.82) is 0 Å². The number of rotatable bonds is 5. The number of aliphatic hydroxyl groups excluding tert-OH is 5. The number of hydrogen-bond acceptors (Lipinski definition) is 7. The third-order valence-electron chi connectivity index (χ3n) is 1.51. The molecule has 0 rings (SSSR count). The van der Waals surface area contributed by atoms with Gasteiger partial charge in [-0.1, -0.05) is 0 Å².